The molecular weight excluding hydrogens is 244 g/mol. The molecule has 2 heterocycles. The van der Waals surface area contributed by atoms with Gasteiger partial charge in [0.2, 0.25) is 0 Å². The summed E-state index contributed by atoms with van der Waals surface area (Å²) in [5.41, 5.74) is 1.62. The number of hydrogen-bond acceptors (Lipinski definition) is 3. The Bertz CT molecular complexity index is 623. The first-order valence-electron chi connectivity index (χ1n) is 6.66. The van der Waals surface area contributed by atoms with Gasteiger partial charge in [-0.25, -0.2) is 4.79 Å². The monoisotopic (exact) mass is 262 g/mol. The molecule has 0 bridgehead atoms. The zero-order valence-corrected chi connectivity index (χ0v) is 11.0. The number of methoxy groups -OCH3 is 1. The number of benzene rings is 1. The smallest absolute Gasteiger partial charge is 0.326 e. The molecule has 1 unspecified atom stereocenters. The van der Waals surface area contributed by atoms with E-state index in [0.29, 0.717) is 6.54 Å². The van der Waals surface area contributed by atoms with E-state index >= 15 is 0 Å². The lowest BCUT2D eigenvalue weighted by atomic mass is 10.1. The number of nitrogens with zero attached hydrogens (tertiary/aromatic N) is 1. The van der Waals surface area contributed by atoms with Crippen LogP contribution in [0, 0.1) is 0 Å². The average Bonchev–Trinajstić information content (AvgIpc) is 2.76. The van der Waals surface area contributed by atoms with Crippen LogP contribution in [-0.2, 0) is 11.3 Å². The lowest BCUT2D eigenvalue weighted by Gasteiger charge is -2.22. The predicted octanol–water partition coefficient (Wildman–Crippen LogP) is 1.91. The molecule has 2 aromatic rings. The predicted molar refractivity (Wildman–Crippen MR) is 72.7 cm³/mol. The summed E-state index contributed by atoms with van der Waals surface area (Å²) in [5.74, 6) is 0.754. The number of imidazole rings is 1. The normalized spacial score (nSPS) is 19.7. The van der Waals surface area contributed by atoms with Gasteiger partial charge in [-0.1, -0.05) is 0 Å². The lowest BCUT2D eigenvalue weighted by Crippen LogP contribution is -2.29. The Balaban J connectivity index is 1.96. The quantitative estimate of drug-likeness (QED) is 0.919. The van der Waals surface area contributed by atoms with Crippen molar-refractivity contribution in [3.63, 3.8) is 0 Å². The Morgan fingerprint density at radius 2 is 2.37 bits per heavy atom. The van der Waals surface area contributed by atoms with Crippen molar-refractivity contribution in [2.24, 2.45) is 0 Å². The largest absolute Gasteiger partial charge is 0.497 e. The van der Waals surface area contributed by atoms with Crippen molar-refractivity contribution in [1.82, 2.24) is 9.55 Å². The summed E-state index contributed by atoms with van der Waals surface area (Å²) in [6.07, 6.45) is 3.44. The first-order valence-corrected chi connectivity index (χ1v) is 6.66. The highest BCUT2D eigenvalue weighted by molar-refractivity contribution is 5.77. The molecule has 0 radical (unpaired) electrons. The van der Waals surface area contributed by atoms with Crippen molar-refractivity contribution in [3.05, 3.63) is 28.7 Å². The highest BCUT2D eigenvalue weighted by Crippen LogP contribution is 2.20. The van der Waals surface area contributed by atoms with E-state index in [9.17, 15) is 4.79 Å². The third-order valence-electron chi connectivity index (χ3n) is 3.64. The first kappa shape index (κ1) is 12.3. The molecule has 19 heavy (non-hydrogen) atoms. The average molecular weight is 262 g/mol. The number of ether oxygens (including phenoxy) is 2. The molecule has 0 saturated carbocycles. The van der Waals surface area contributed by atoms with E-state index in [-0.39, 0.29) is 11.8 Å². The van der Waals surface area contributed by atoms with Gasteiger partial charge in [0.15, 0.2) is 0 Å². The molecule has 0 aliphatic carbocycles. The Morgan fingerprint density at radius 1 is 1.47 bits per heavy atom. The van der Waals surface area contributed by atoms with Crippen LogP contribution in [0.3, 0.4) is 0 Å². The summed E-state index contributed by atoms with van der Waals surface area (Å²) < 4.78 is 12.7. The number of aromatic nitrogens is 2. The Morgan fingerprint density at radius 3 is 3.11 bits per heavy atom. The van der Waals surface area contributed by atoms with Crippen LogP contribution in [0.2, 0.25) is 0 Å². The van der Waals surface area contributed by atoms with Crippen molar-refractivity contribution in [3.8, 4) is 5.75 Å². The molecule has 1 aromatic heterocycles. The molecule has 1 aliphatic heterocycles. The molecular formula is C14H18N2O3. The second kappa shape index (κ2) is 5.09. The van der Waals surface area contributed by atoms with Crippen LogP contribution in [0.1, 0.15) is 19.3 Å². The van der Waals surface area contributed by atoms with Crippen molar-refractivity contribution >= 4 is 11.0 Å². The number of hydrogen-bond donors (Lipinski definition) is 1. The van der Waals surface area contributed by atoms with Crippen LogP contribution < -0.4 is 10.4 Å². The third-order valence-corrected chi connectivity index (χ3v) is 3.64. The minimum Gasteiger partial charge on any atom is -0.497 e. The summed E-state index contributed by atoms with van der Waals surface area (Å²) in [7, 11) is 1.63. The maximum Gasteiger partial charge on any atom is 0.326 e. The molecule has 1 N–H and O–H groups in total. The molecule has 1 aliphatic rings. The van der Waals surface area contributed by atoms with Gasteiger partial charge in [-0.05, 0) is 31.4 Å². The topological polar surface area (TPSA) is 56.2 Å². The molecule has 0 amide bonds. The van der Waals surface area contributed by atoms with Crippen LogP contribution in [0.4, 0.5) is 0 Å². The Hall–Kier alpha value is -1.75. The summed E-state index contributed by atoms with van der Waals surface area (Å²) in [4.78, 5) is 14.9. The molecule has 3 rings (SSSR count). The van der Waals surface area contributed by atoms with Gasteiger partial charge in [0.05, 0.1) is 30.8 Å². The van der Waals surface area contributed by atoms with Crippen molar-refractivity contribution in [1.29, 1.82) is 0 Å². The van der Waals surface area contributed by atoms with Crippen LogP contribution >= 0.6 is 0 Å². The van der Waals surface area contributed by atoms with E-state index in [2.05, 4.69) is 4.98 Å². The fraction of sp³-hybridized carbons (Fsp3) is 0.500. The number of fused-ring (bicyclic) bond motifs is 1. The maximum absolute atomic E-state index is 12.0. The minimum absolute atomic E-state index is 0.0857. The highest BCUT2D eigenvalue weighted by atomic mass is 16.5. The fourth-order valence-electron chi connectivity index (χ4n) is 2.60. The number of nitrogens with one attached hydrogen (secondary N) is 1. The lowest BCUT2D eigenvalue weighted by molar-refractivity contribution is 0.00613. The first-order chi connectivity index (χ1) is 9.28. The second-order valence-electron chi connectivity index (χ2n) is 4.91. The number of aromatic amines is 1. The molecule has 1 atom stereocenters. The molecule has 1 aromatic carbocycles. The Labute approximate surface area is 111 Å². The number of rotatable bonds is 3. The molecule has 1 fully saturated rings. The second-order valence-corrected chi connectivity index (χ2v) is 4.91. The fourth-order valence-corrected chi connectivity index (χ4v) is 2.60. The summed E-state index contributed by atoms with van der Waals surface area (Å²) in [6.45, 7) is 1.40. The van der Waals surface area contributed by atoms with Gasteiger partial charge in [-0.3, -0.25) is 4.57 Å². The minimum atomic E-state index is -0.0857. The zero-order valence-electron chi connectivity index (χ0n) is 11.0. The van der Waals surface area contributed by atoms with Gasteiger partial charge >= 0.3 is 5.69 Å². The summed E-state index contributed by atoms with van der Waals surface area (Å²) in [5, 5.41) is 0. The van der Waals surface area contributed by atoms with E-state index < -0.39 is 0 Å². The van der Waals surface area contributed by atoms with E-state index in [1.54, 1.807) is 11.7 Å². The van der Waals surface area contributed by atoms with Crippen molar-refractivity contribution < 1.29 is 9.47 Å². The van der Waals surface area contributed by atoms with Gasteiger partial charge in [-0.15, -0.1) is 0 Å². The number of H-pyrrole nitrogens is 1. The standard InChI is InChI=1S/C14H18N2O3/c1-18-10-5-6-12-13(8-10)16(14(17)15-12)9-11-4-2-3-7-19-11/h5-6,8,11H,2-4,7,9H2,1H3,(H,15,17). The molecule has 1 saturated heterocycles. The van der Waals surface area contributed by atoms with Crippen molar-refractivity contribution in [2.75, 3.05) is 13.7 Å². The van der Waals surface area contributed by atoms with Crippen LogP contribution in [0.5, 0.6) is 5.75 Å². The molecule has 0 spiro atoms. The molecule has 102 valence electrons. The maximum atomic E-state index is 12.0. The zero-order chi connectivity index (χ0) is 13.2. The third kappa shape index (κ3) is 2.38. The Kier molecular flexibility index (Phi) is 3.29. The van der Waals surface area contributed by atoms with E-state index in [4.69, 9.17) is 9.47 Å². The van der Waals surface area contributed by atoms with Gasteiger partial charge < -0.3 is 14.5 Å². The molecule has 5 nitrogen and oxygen atoms in total. The van der Waals surface area contributed by atoms with Crippen LogP contribution in [0.25, 0.3) is 11.0 Å². The van der Waals surface area contributed by atoms with Gasteiger partial charge in [0.25, 0.3) is 0 Å². The van der Waals surface area contributed by atoms with Crippen LogP contribution in [0.15, 0.2) is 23.0 Å². The van der Waals surface area contributed by atoms with Crippen LogP contribution in [-0.4, -0.2) is 29.4 Å². The highest BCUT2D eigenvalue weighted by Gasteiger charge is 2.17. The molecule has 5 heteroatoms. The summed E-state index contributed by atoms with van der Waals surface area (Å²) in [6, 6.07) is 5.60. The SMILES string of the molecule is COc1ccc2[nH]c(=O)n(CC3CCCCO3)c2c1. The van der Waals surface area contributed by atoms with Crippen molar-refractivity contribution in [2.45, 2.75) is 31.9 Å². The van der Waals surface area contributed by atoms with Gasteiger partial charge in [-0.2, -0.15) is 0 Å². The summed E-state index contributed by atoms with van der Waals surface area (Å²) >= 11 is 0. The van der Waals surface area contributed by atoms with Gasteiger partial charge in [0.1, 0.15) is 5.75 Å². The van der Waals surface area contributed by atoms with Gasteiger partial charge in [0, 0.05) is 12.7 Å². The van der Waals surface area contributed by atoms with E-state index in [1.807, 2.05) is 18.2 Å². The van der Waals surface area contributed by atoms with E-state index in [0.717, 1.165) is 36.2 Å². The van der Waals surface area contributed by atoms with E-state index in [1.165, 1.54) is 6.42 Å².